The van der Waals surface area contributed by atoms with E-state index >= 15 is 0 Å². The summed E-state index contributed by atoms with van der Waals surface area (Å²) in [5.41, 5.74) is 3.39. The van der Waals surface area contributed by atoms with E-state index in [9.17, 15) is 4.79 Å². The largest absolute Gasteiger partial charge is 0.299 e. The van der Waals surface area contributed by atoms with Gasteiger partial charge >= 0.3 is 0 Å². The molecule has 18 heavy (non-hydrogen) atoms. The smallest absolute Gasteiger partial charge is 0.140 e. The van der Waals surface area contributed by atoms with Crippen LogP contribution >= 0.6 is 0 Å². The minimum Gasteiger partial charge on any atom is -0.299 e. The number of ketones is 1. The number of hydrogen-bond donors (Lipinski definition) is 0. The SMILES string of the molecule is CC(=O)C1(c2ccccc2-c2ccccc2)CC1. The van der Waals surface area contributed by atoms with Crippen LogP contribution in [0.3, 0.4) is 0 Å². The minimum atomic E-state index is -0.202. The summed E-state index contributed by atoms with van der Waals surface area (Å²) in [6, 6.07) is 18.6. The molecule has 2 aromatic rings. The molecule has 0 bridgehead atoms. The molecule has 1 aliphatic rings. The molecule has 3 rings (SSSR count). The van der Waals surface area contributed by atoms with Crippen LogP contribution in [-0.2, 0) is 10.2 Å². The van der Waals surface area contributed by atoms with Gasteiger partial charge in [-0.15, -0.1) is 0 Å². The molecule has 90 valence electrons. The monoisotopic (exact) mass is 236 g/mol. The van der Waals surface area contributed by atoms with Crippen LogP contribution in [0.5, 0.6) is 0 Å². The van der Waals surface area contributed by atoms with Gasteiger partial charge in [0.25, 0.3) is 0 Å². The molecule has 0 radical (unpaired) electrons. The highest BCUT2D eigenvalue weighted by atomic mass is 16.1. The Bertz CT molecular complexity index is 580. The standard InChI is InChI=1S/C17H16O/c1-13(18)17(11-12-17)16-10-6-5-9-15(16)14-7-3-2-4-8-14/h2-10H,11-12H2,1H3. The van der Waals surface area contributed by atoms with Crippen LogP contribution in [0.15, 0.2) is 54.6 Å². The summed E-state index contributed by atoms with van der Waals surface area (Å²) in [6.45, 7) is 1.72. The van der Waals surface area contributed by atoms with E-state index in [1.54, 1.807) is 6.92 Å². The van der Waals surface area contributed by atoms with Gasteiger partial charge < -0.3 is 0 Å². The van der Waals surface area contributed by atoms with Crippen molar-refractivity contribution in [1.29, 1.82) is 0 Å². The highest BCUT2D eigenvalue weighted by Gasteiger charge is 2.49. The van der Waals surface area contributed by atoms with E-state index in [1.807, 2.05) is 30.3 Å². The molecule has 1 fully saturated rings. The Hall–Kier alpha value is -1.89. The van der Waals surface area contributed by atoms with Crippen LogP contribution in [0.25, 0.3) is 11.1 Å². The van der Waals surface area contributed by atoms with Gasteiger partial charge in [-0.1, -0.05) is 54.6 Å². The molecule has 1 nitrogen and oxygen atoms in total. The van der Waals surface area contributed by atoms with Gasteiger partial charge in [0.15, 0.2) is 0 Å². The fourth-order valence-corrected chi connectivity index (χ4v) is 2.71. The molecule has 0 N–H and O–H groups in total. The fourth-order valence-electron chi connectivity index (χ4n) is 2.71. The Morgan fingerprint density at radius 3 is 2.17 bits per heavy atom. The van der Waals surface area contributed by atoms with E-state index < -0.39 is 0 Å². The number of carbonyl (C=O) groups is 1. The van der Waals surface area contributed by atoms with E-state index in [0.29, 0.717) is 5.78 Å². The summed E-state index contributed by atoms with van der Waals surface area (Å²) in [4.78, 5) is 11.9. The highest BCUT2D eigenvalue weighted by molar-refractivity contribution is 5.93. The maximum atomic E-state index is 11.9. The summed E-state index contributed by atoms with van der Waals surface area (Å²) in [6.07, 6.45) is 1.98. The van der Waals surface area contributed by atoms with Gasteiger partial charge in [-0.3, -0.25) is 4.79 Å². The second-order valence-corrected chi connectivity index (χ2v) is 5.05. The average molecular weight is 236 g/mol. The number of carbonyl (C=O) groups excluding carboxylic acids is 1. The van der Waals surface area contributed by atoms with Gasteiger partial charge in [-0.05, 0) is 36.5 Å². The molecule has 1 saturated carbocycles. The van der Waals surface area contributed by atoms with Crippen LogP contribution in [0, 0.1) is 0 Å². The van der Waals surface area contributed by atoms with Gasteiger partial charge in [-0.25, -0.2) is 0 Å². The third-order valence-corrected chi connectivity index (χ3v) is 3.95. The molecular formula is C17H16O. The Morgan fingerprint density at radius 1 is 0.944 bits per heavy atom. The molecule has 0 spiro atoms. The van der Waals surface area contributed by atoms with Crippen LogP contribution in [-0.4, -0.2) is 5.78 Å². The van der Waals surface area contributed by atoms with Crippen molar-refractivity contribution >= 4 is 5.78 Å². The van der Waals surface area contributed by atoms with Crippen LogP contribution in [0.4, 0.5) is 0 Å². The van der Waals surface area contributed by atoms with Crippen LogP contribution in [0.2, 0.25) is 0 Å². The molecular weight excluding hydrogens is 220 g/mol. The first kappa shape index (κ1) is 11.2. The van der Waals surface area contributed by atoms with E-state index in [1.165, 1.54) is 16.7 Å². The molecule has 0 aliphatic heterocycles. The average Bonchev–Trinajstić information content (AvgIpc) is 3.21. The maximum absolute atomic E-state index is 11.9. The Balaban J connectivity index is 2.15. The van der Waals surface area contributed by atoms with Gasteiger partial charge in [0.05, 0.1) is 5.41 Å². The lowest BCUT2D eigenvalue weighted by atomic mass is 9.86. The van der Waals surface area contributed by atoms with Gasteiger partial charge in [0.2, 0.25) is 0 Å². The second-order valence-electron chi connectivity index (χ2n) is 5.05. The van der Waals surface area contributed by atoms with Crippen molar-refractivity contribution in [3.8, 4) is 11.1 Å². The van der Waals surface area contributed by atoms with E-state index in [0.717, 1.165) is 12.8 Å². The van der Waals surface area contributed by atoms with Crippen molar-refractivity contribution in [1.82, 2.24) is 0 Å². The first-order valence-electron chi connectivity index (χ1n) is 6.40. The fraction of sp³-hybridized carbons (Fsp3) is 0.235. The molecule has 0 heterocycles. The summed E-state index contributed by atoms with van der Waals surface area (Å²) >= 11 is 0. The molecule has 2 aromatic carbocycles. The van der Waals surface area contributed by atoms with E-state index in [2.05, 4.69) is 24.3 Å². The van der Waals surface area contributed by atoms with Crippen molar-refractivity contribution in [3.05, 3.63) is 60.2 Å². The molecule has 0 amide bonds. The number of rotatable bonds is 3. The Kier molecular flexibility index (Phi) is 2.55. The molecule has 0 unspecified atom stereocenters. The minimum absolute atomic E-state index is 0.202. The van der Waals surface area contributed by atoms with E-state index in [-0.39, 0.29) is 5.41 Å². The Morgan fingerprint density at radius 2 is 1.56 bits per heavy atom. The quantitative estimate of drug-likeness (QED) is 0.788. The molecule has 0 atom stereocenters. The summed E-state index contributed by atoms with van der Waals surface area (Å²) < 4.78 is 0. The topological polar surface area (TPSA) is 17.1 Å². The predicted octanol–water partition coefficient (Wildman–Crippen LogP) is 3.97. The molecule has 0 saturated heterocycles. The number of Topliss-reactive ketones (excluding diaryl/α,β-unsaturated/α-hetero) is 1. The lowest BCUT2D eigenvalue weighted by molar-refractivity contribution is -0.119. The predicted molar refractivity (Wildman–Crippen MR) is 73.5 cm³/mol. The summed E-state index contributed by atoms with van der Waals surface area (Å²) in [5, 5.41) is 0. The maximum Gasteiger partial charge on any atom is 0.140 e. The van der Waals surface area contributed by atoms with Crippen molar-refractivity contribution in [3.63, 3.8) is 0 Å². The molecule has 1 heteroatoms. The van der Waals surface area contributed by atoms with Crippen molar-refractivity contribution in [2.75, 3.05) is 0 Å². The van der Waals surface area contributed by atoms with Crippen LogP contribution < -0.4 is 0 Å². The zero-order valence-corrected chi connectivity index (χ0v) is 10.5. The lowest BCUT2D eigenvalue weighted by Gasteiger charge is -2.17. The Labute approximate surface area is 107 Å². The zero-order valence-electron chi connectivity index (χ0n) is 10.5. The first-order valence-corrected chi connectivity index (χ1v) is 6.40. The molecule has 1 aliphatic carbocycles. The molecule has 0 aromatic heterocycles. The lowest BCUT2D eigenvalue weighted by Crippen LogP contribution is -2.17. The van der Waals surface area contributed by atoms with Gasteiger partial charge in [0.1, 0.15) is 5.78 Å². The second kappa shape index (κ2) is 4.09. The van der Waals surface area contributed by atoms with Crippen LogP contribution in [0.1, 0.15) is 25.3 Å². The zero-order chi connectivity index (χ0) is 12.6. The number of benzene rings is 2. The van der Waals surface area contributed by atoms with Crippen molar-refractivity contribution in [2.45, 2.75) is 25.2 Å². The van der Waals surface area contributed by atoms with E-state index in [4.69, 9.17) is 0 Å². The van der Waals surface area contributed by atoms with Gasteiger partial charge in [-0.2, -0.15) is 0 Å². The summed E-state index contributed by atoms with van der Waals surface area (Å²) in [7, 11) is 0. The number of hydrogen-bond acceptors (Lipinski definition) is 1. The summed E-state index contributed by atoms with van der Waals surface area (Å²) in [5.74, 6) is 0.297. The van der Waals surface area contributed by atoms with Gasteiger partial charge in [0, 0.05) is 0 Å². The van der Waals surface area contributed by atoms with Crippen molar-refractivity contribution in [2.24, 2.45) is 0 Å². The van der Waals surface area contributed by atoms with Crippen molar-refractivity contribution < 1.29 is 4.79 Å². The highest BCUT2D eigenvalue weighted by Crippen LogP contribution is 2.51. The third kappa shape index (κ3) is 1.67. The third-order valence-electron chi connectivity index (χ3n) is 3.95. The first-order chi connectivity index (χ1) is 8.74. The normalized spacial score (nSPS) is 16.3.